The maximum atomic E-state index is 12.8. The molecule has 0 aliphatic carbocycles. The molecular formula is C12H16FN. The van der Waals surface area contributed by atoms with Crippen molar-refractivity contribution >= 4 is 0 Å². The number of rotatable bonds is 5. The SMILES string of the molecule is C=CCNCCc1ccc(F)cc1C. The first-order valence-corrected chi connectivity index (χ1v) is 4.80. The van der Waals surface area contributed by atoms with E-state index in [0.29, 0.717) is 0 Å². The van der Waals surface area contributed by atoms with E-state index in [4.69, 9.17) is 0 Å². The van der Waals surface area contributed by atoms with Crippen LogP contribution in [0.2, 0.25) is 0 Å². The van der Waals surface area contributed by atoms with Crippen molar-refractivity contribution < 1.29 is 4.39 Å². The van der Waals surface area contributed by atoms with E-state index in [0.717, 1.165) is 25.1 Å². The van der Waals surface area contributed by atoms with E-state index in [1.54, 1.807) is 6.07 Å². The van der Waals surface area contributed by atoms with Crippen molar-refractivity contribution in [1.29, 1.82) is 0 Å². The van der Waals surface area contributed by atoms with Crippen LogP contribution in [0.25, 0.3) is 0 Å². The second kappa shape index (κ2) is 5.55. The molecule has 1 rings (SSSR count). The summed E-state index contributed by atoms with van der Waals surface area (Å²) in [4.78, 5) is 0. The molecule has 0 bridgehead atoms. The molecule has 0 aliphatic rings. The van der Waals surface area contributed by atoms with Crippen LogP contribution < -0.4 is 5.32 Å². The van der Waals surface area contributed by atoms with Gasteiger partial charge in [0.05, 0.1) is 0 Å². The summed E-state index contributed by atoms with van der Waals surface area (Å²) in [6, 6.07) is 4.93. The highest BCUT2D eigenvalue weighted by atomic mass is 19.1. The summed E-state index contributed by atoms with van der Waals surface area (Å²) in [7, 11) is 0. The molecule has 0 radical (unpaired) electrons. The van der Waals surface area contributed by atoms with Gasteiger partial charge in [-0.15, -0.1) is 6.58 Å². The summed E-state index contributed by atoms with van der Waals surface area (Å²) in [5, 5.41) is 3.21. The van der Waals surface area contributed by atoms with Crippen LogP contribution in [0.1, 0.15) is 11.1 Å². The minimum atomic E-state index is -0.162. The van der Waals surface area contributed by atoms with Gasteiger partial charge in [0.2, 0.25) is 0 Å². The standard InChI is InChI=1S/C12H16FN/c1-3-7-14-8-6-11-4-5-12(13)9-10(11)2/h3-5,9,14H,1,6-8H2,2H3. The van der Waals surface area contributed by atoms with Crippen molar-refractivity contribution in [2.45, 2.75) is 13.3 Å². The van der Waals surface area contributed by atoms with E-state index in [1.165, 1.54) is 11.6 Å². The molecular weight excluding hydrogens is 177 g/mol. The molecule has 0 spiro atoms. The molecule has 0 unspecified atom stereocenters. The van der Waals surface area contributed by atoms with Gasteiger partial charge in [-0.25, -0.2) is 4.39 Å². The van der Waals surface area contributed by atoms with Gasteiger partial charge in [-0.05, 0) is 43.1 Å². The van der Waals surface area contributed by atoms with Gasteiger partial charge in [-0.2, -0.15) is 0 Å². The summed E-state index contributed by atoms with van der Waals surface area (Å²) >= 11 is 0. The van der Waals surface area contributed by atoms with E-state index in [-0.39, 0.29) is 5.82 Å². The first-order valence-electron chi connectivity index (χ1n) is 4.80. The third-order valence-electron chi connectivity index (χ3n) is 2.16. The minimum absolute atomic E-state index is 0.162. The fraction of sp³-hybridized carbons (Fsp3) is 0.333. The Labute approximate surface area is 84.6 Å². The predicted molar refractivity (Wildman–Crippen MR) is 57.9 cm³/mol. The number of hydrogen-bond acceptors (Lipinski definition) is 1. The van der Waals surface area contributed by atoms with Gasteiger partial charge >= 0.3 is 0 Å². The Kier molecular flexibility index (Phi) is 4.33. The Morgan fingerprint density at radius 2 is 2.29 bits per heavy atom. The lowest BCUT2D eigenvalue weighted by molar-refractivity contribution is 0.625. The summed E-state index contributed by atoms with van der Waals surface area (Å²) in [6.07, 6.45) is 2.76. The van der Waals surface area contributed by atoms with Gasteiger partial charge in [0.1, 0.15) is 5.82 Å². The van der Waals surface area contributed by atoms with Gasteiger partial charge in [0.15, 0.2) is 0 Å². The molecule has 76 valence electrons. The van der Waals surface area contributed by atoms with Gasteiger partial charge in [-0.3, -0.25) is 0 Å². The number of aryl methyl sites for hydroxylation is 1. The van der Waals surface area contributed by atoms with Crippen molar-refractivity contribution in [3.8, 4) is 0 Å². The molecule has 1 N–H and O–H groups in total. The third-order valence-corrected chi connectivity index (χ3v) is 2.16. The van der Waals surface area contributed by atoms with Crippen molar-refractivity contribution in [2.24, 2.45) is 0 Å². The van der Waals surface area contributed by atoms with Gasteiger partial charge in [0.25, 0.3) is 0 Å². The van der Waals surface area contributed by atoms with E-state index in [1.807, 2.05) is 19.1 Å². The van der Waals surface area contributed by atoms with E-state index < -0.39 is 0 Å². The lowest BCUT2D eigenvalue weighted by atomic mass is 10.1. The first kappa shape index (κ1) is 10.9. The van der Waals surface area contributed by atoms with Crippen LogP contribution in [-0.2, 0) is 6.42 Å². The fourth-order valence-corrected chi connectivity index (χ4v) is 1.37. The molecule has 0 heterocycles. The molecule has 0 saturated carbocycles. The highest BCUT2D eigenvalue weighted by Crippen LogP contribution is 2.10. The zero-order valence-corrected chi connectivity index (χ0v) is 8.52. The quantitative estimate of drug-likeness (QED) is 0.559. The second-order valence-corrected chi connectivity index (χ2v) is 3.31. The van der Waals surface area contributed by atoms with Gasteiger partial charge in [0, 0.05) is 6.54 Å². The lowest BCUT2D eigenvalue weighted by Gasteiger charge is -2.05. The third kappa shape index (κ3) is 3.30. The Hall–Kier alpha value is -1.15. The maximum Gasteiger partial charge on any atom is 0.123 e. The molecule has 0 aromatic heterocycles. The Balaban J connectivity index is 2.46. The monoisotopic (exact) mass is 193 g/mol. The Morgan fingerprint density at radius 3 is 2.93 bits per heavy atom. The Bertz CT molecular complexity index is 307. The largest absolute Gasteiger partial charge is 0.313 e. The van der Waals surface area contributed by atoms with Crippen LogP contribution in [0.4, 0.5) is 4.39 Å². The van der Waals surface area contributed by atoms with E-state index in [2.05, 4.69) is 11.9 Å². The zero-order valence-electron chi connectivity index (χ0n) is 8.52. The van der Waals surface area contributed by atoms with E-state index in [9.17, 15) is 4.39 Å². The molecule has 14 heavy (non-hydrogen) atoms. The smallest absolute Gasteiger partial charge is 0.123 e. The molecule has 0 fully saturated rings. The van der Waals surface area contributed by atoms with Gasteiger partial charge in [-0.1, -0.05) is 12.1 Å². The number of benzene rings is 1. The number of hydrogen-bond donors (Lipinski definition) is 1. The summed E-state index contributed by atoms with van der Waals surface area (Å²) in [6.45, 7) is 7.28. The molecule has 2 heteroatoms. The first-order chi connectivity index (χ1) is 6.74. The van der Waals surface area contributed by atoms with Crippen LogP contribution >= 0.6 is 0 Å². The predicted octanol–water partition coefficient (Wildman–Crippen LogP) is 2.45. The molecule has 0 saturated heterocycles. The van der Waals surface area contributed by atoms with Crippen LogP contribution in [0, 0.1) is 12.7 Å². The Morgan fingerprint density at radius 1 is 1.50 bits per heavy atom. The van der Waals surface area contributed by atoms with Crippen LogP contribution in [0.5, 0.6) is 0 Å². The topological polar surface area (TPSA) is 12.0 Å². The average molecular weight is 193 g/mol. The summed E-state index contributed by atoms with van der Waals surface area (Å²) in [5.74, 6) is -0.162. The average Bonchev–Trinajstić information content (AvgIpc) is 2.15. The van der Waals surface area contributed by atoms with Crippen LogP contribution in [0.15, 0.2) is 30.9 Å². The number of halogens is 1. The van der Waals surface area contributed by atoms with Crippen molar-refractivity contribution in [3.63, 3.8) is 0 Å². The highest BCUT2D eigenvalue weighted by molar-refractivity contribution is 5.26. The van der Waals surface area contributed by atoms with Gasteiger partial charge < -0.3 is 5.32 Å². The molecule has 0 atom stereocenters. The van der Waals surface area contributed by atoms with Crippen molar-refractivity contribution in [1.82, 2.24) is 5.32 Å². The second-order valence-electron chi connectivity index (χ2n) is 3.31. The van der Waals surface area contributed by atoms with Crippen LogP contribution in [0.3, 0.4) is 0 Å². The van der Waals surface area contributed by atoms with Crippen molar-refractivity contribution in [3.05, 3.63) is 47.8 Å². The molecule has 0 aliphatic heterocycles. The van der Waals surface area contributed by atoms with Crippen molar-refractivity contribution in [2.75, 3.05) is 13.1 Å². The fourth-order valence-electron chi connectivity index (χ4n) is 1.37. The molecule has 1 nitrogen and oxygen atoms in total. The maximum absolute atomic E-state index is 12.8. The normalized spacial score (nSPS) is 10.1. The molecule has 1 aromatic rings. The number of nitrogens with one attached hydrogen (secondary N) is 1. The minimum Gasteiger partial charge on any atom is -0.313 e. The zero-order chi connectivity index (χ0) is 10.4. The highest BCUT2D eigenvalue weighted by Gasteiger charge is 1.98. The van der Waals surface area contributed by atoms with E-state index >= 15 is 0 Å². The molecule has 0 amide bonds. The summed E-state index contributed by atoms with van der Waals surface area (Å²) < 4.78 is 12.8. The van der Waals surface area contributed by atoms with Crippen LogP contribution in [-0.4, -0.2) is 13.1 Å². The summed E-state index contributed by atoms with van der Waals surface area (Å²) in [5.41, 5.74) is 2.22. The molecule has 1 aromatic carbocycles. The lowest BCUT2D eigenvalue weighted by Crippen LogP contribution is -2.17.